The van der Waals surface area contributed by atoms with Gasteiger partial charge in [0.15, 0.2) is 4.34 Å². The van der Waals surface area contributed by atoms with Crippen LogP contribution in [0.4, 0.5) is 0 Å². The van der Waals surface area contributed by atoms with E-state index in [0.717, 1.165) is 23.7 Å². The molecule has 0 amide bonds. The molecule has 0 aliphatic rings. The van der Waals surface area contributed by atoms with Crippen molar-refractivity contribution < 1.29 is 0 Å². The summed E-state index contributed by atoms with van der Waals surface area (Å²) in [6, 6.07) is 11.1. The van der Waals surface area contributed by atoms with Crippen molar-refractivity contribution in [3.05, 3.63) is 42.2 Å². The molecular formula is C15H21N3S2. The zero-order valence-corrected chi connectivity index (χ0v) is 13.6. The molecule has 0 bridgehead atoms. The lowest BCUT2D eigenvalue weighted by molar-refractivity contribution is 0.505. The van der Waals surface area contributed by atoms with Gasteiger partial charge in [-0.15, -0.1) is 0 Å². The first-order valence-electron chi connectivity index (χ1n) is 7.06. The Morgan fingerprint density at radius 1 is 1.25 bits per heavy atom. The zero-order valence-electron chi connectivity index (χ0n) is 12.0. The van der Waals surface area contributed by atoms with Gasteiger partial charge in [-0.1, -0.05) is 55.9 Å². The number of benzene rings is 1. The van der Waals surface area contributed by atoms with Crippen LogP contribution in [0.2, 0.25) is 0 Å². The SMILES string of the molecule is CCCNC(c1ccccc1)C(CC)Sc1ncns1. The molecule has 1 N–H and O–H groups in total. The fraction of sp³-hybridized carbons (Fsp3) is 0.467. The number of nitrogens with zero attached hydrogens (tertiary/aromatic N) is 2. The molecule has 0 fully saturated rings. The molecule has 20 heavy (non-hydrogen) atoms. The first kappa shape index (κ1) is 15.5. The van der Waals surface area contributed by atoms with E-state index < -0.39 is 0 Å². The number of hydrogen-bond acceptors (Lipinski definition) is 5. The van der Waals surface area contributed by atoms with Crippen molar-refractivity contribution in [1.29, 1.82) is 0 Å². The van der Waals surface area contributed by atoms with Crippen LogP contribution in [-0.2, 0) is 0 Å². The van der Waals surface area contributed by atoms with Crippen LogP contribution in [0.3, 0.4) is 0 Å². The Balaban J connectivity index is 2.14. The van der Waals surface area contributed by atoms with Crippen molar-refractivity contribution in [3.8, 4) is 0 Å². The molecule has 1 heterocycles. The second-order valence-corrected chi connectivity index (χ2v) is 6.88. The summed E-state index contributed by atoms with van der Waals surface area (Å²) in [5, 5.41) is 4.15. The average molecular weight is 307 g/mol. The Bertz CT molecular complexity index is 473. The highest BCUT2D eigenvalue weighted by atomic mass is 32.2. The maximum Gasteiger partial charge on any atom is 0.170 e. The third-order valence-electron chi connectivity index (χ3n) is 3.14. The van der Waals surface area contributed by atoms with E-state index in [9.17, 15) is 0 Å². The fourth-order valence-electron chi connectivity index (χ4n) is 2.16. The topological polar surface area (TPSA) is 37.8 Å². The van der Waals surface area contributed by atoms with Crippen molar-refractivity contribution >= 4 is 23.3 Å². The lowest BCUT2D eigenvalue weighted by Gasteiger charge is -2.26. The molecule has 2 rings (SSSR count). The average Bonchev–Trinajstić information content (AvgIpc) is 3.00. The monoisotopic (exact) mass is 307 g/mol. The Morgan fingerprint density at radius 3 is 2.65 bits per heavy atom. The molecule has 0 spiro atoms. The fourth-order valence-corrected chi connectivity index (χ4v) is 4.03. The quantitative estimate of drug-likeness (QED) is 0.744. The molecule has 3 nitrogen and oxygen atoms in total. The lowest BCUT2D eigenvalue weighted by Crippen LogP contribution is -2.30. The third-order valence-corrected chi connectivity index (χ3v) is 5.33. The van der Waals surface area contributed by atoms with Crippen LogP contribution in [0, 0.1) is 0 Å². The minimum atomic E-state index is 0.357. The highest BCUT2D eigenvalue weighted by Crippen LogP contribution is 2.34. The molecule has 5 heteroatoms. The van der Waals surface area contributed by atoms with Gasteiger partial charge in [0.05, 0.1) is 0 Å². The maximum absolute atomic E-state index is 4.30. The molecule has 108 valence electrons. The summed E-state index contributed by atoms with van der Waals surface area (Å²) < 4.78 is 5.15. The van der Waals surface area contributed by atoms with Gasteiger partial charge < -0.3 is 5.32 Å². The summed E-state index contributed by atoms with van der Waals surface area (Å²) >= 11 is 3.31. The van der Waals surface area contributed by atoms with E-state index in [1.165, 1.54) is 17.1 Å². The molecule has 0 aliphatic heterocycles. The van der Waals surface area contributed by atoms with Crippen LogP contribution < -0.4 is 5.32 Å². The molecule has 0 saturated carbocycles. The van der Waals surface area contributed by atoms with Gasteiger partial charge in [0.25, 0.3) is 0 Å². The summed E-state index contributed by atoms with van der Waals surface area (Å²) in [5.41, 5.74) is 1.35. The third kappa shape index (κ3) is 4.30. The second-order valence-electron chi connectivity index (χ2n) is 4.61. The Hall–Kier alpha value is -0.910. The molecule has 1 aromatic heterocycles. The summed E-state index contributed by atoms with van der Waals surface area (Å²) in [6.07, 6.45) is 3.88. The van der Waals surface area contributed by atoms with E-state index in [1.807, 2.05) is 11.8 Å². The second kappa shape index (κ2) is 8.39. The minimum absolute atomic E-state index is 0.357. The Morgan fingerprint density at radius 2 is 2.05 bits per heavy atom. The van der Waals surface area contributed by atoms with Crippen LogP contribution in [0.25, 0.3) is 0 Å². The highest BCUT2D eigenvalue weighted by Gasteiger charge is 2.23. The Labute approximate surface area is 129 Å². The number of thioether (sulfide) groups is 1. The number of aromatic nitrogens is 2. The number of rotatable bonds is 8. The van der Waals surface area contributed by atoms with E-state index in [1.54, 1.807) is 6.33 Å². The van der Waals surface area contributed by atoms with E-state index in [2.05, 4.69) is 58.9 Å². The molecule has 0 aliphatic carbocycles. The van der Waals surface area contributed by atoms with Crippen LogP contribution in [0.5, 0.6) is 0 Å². The predicted molar refractivity (Wildman–Crippen MR) is 87.3 cm³/mol. The van der Waals surface area contributed by atoms with E-state index in [-0.39, 0.29) is 0 Å². The predicted octanol–water partition coefficient (Wildman–Crippen LogP) is 4.15. The first-order chi connectivity index (χ1) is 9.85. The number of hydrogen-bond donors (Lipinski definition) is 1. The van der Waals surface area contributed by atoms with Crippen molar-refractivity contribution in [2.45, 2.75) is 42.3 Å². The van der Waals surface area contributed by atoms with E-state index >= 15 is 0 Å². The van der Waals surface area contributed by atoms with Crippen LogP contribution in [0.15, 0.2) is 41.0 Å². The van der Waals surface area contributed by atoms with Crippen molar-refractivity contribution in [3.63, 3.8) is 0 Å². The van der Waals surface area contributed by atoms with Gasteiger partial charge in [0, 0.05) is 11.3 Å². The smallest absolute Gasteiger partial charge is 0.170 e. The van der Waals surface area contributed by atoms with Crippen molar-refractivity contribution in [2.24, 2.45) is 0 Å². The largest absolute Gasteiger partial charge is 0.309 e. The van der Waals surface area contributed by atoms with Crippen LogP contribution in [-0.4, -0.2) is 21.2 Å². The first-order valence-corrected chi connectivity index (χ1v) is 8.72. The van der Waals surface area contributed by atoms with Gasteiger partial charge in [0.1, 0.15) is 6.33 Å². The summed E-state index contributed by atoms with van der Waals surface area (Å²) in [7, 11) is 0. The number of nitrogens with one attached hydrogen (secondary N) is 1. The summed E-state index contributed by atoms with van der Waals surface area (Å²) in [6.45, 7) is 5.48. The van der Waals surface area contributed by atoms with E-state index in [4.69, 9.17) is 0 Å². The van der Waals surface area contributed by atoms with Gasteiger partial charge in [-0.25, -0.2) is 4.98 Å². The standard InChI is InChI=1S/C15H21N3S2/c1-3-10-16-14(12-8-6-5-7-9-12)13(4-2)19-15-17-11-18-20-15/h5-9,11,13-14,16H,3-4,10H2,1-2H3. The van der Waals surface area contributed by atoms with Crippen molar-refractivity contribution in [2.75, 3.05) is 6.54 Å². The lowest BCUT2D eigenvalue weighted by atomic mass is 10.0. The minimum Gasteiger partial charge on any atom is -0.309 e. The molecular weight excluding hydrogens is 286 g/mol. The van der Waals surface area contributed by atoms with Crippen LogP contribution in [0.1, 0.15) is 38.3 Å². The van der Waals surface area contributed by atoms with Gasteiger partial charge in [-0.2, -0.15) is 4.37 Å². The normalized spacial score (nSPS) is 14.1. The zero-order chi connectivity index (χ0) is 14.2. The molecule has 0 radical (unpaired) electrons. The maximum atomic E-state index is 4.30. The molecule has 2 unspecified atom stereocenters. The molecule has 2 atom stereocenters. The van der Waals surface area contributed by atoms with Gasteiger partial charge in [0.2, 0.25) is 0 Å². The highest BCUT2D eigenvalue weighted by molar-refractivity contribution is 8.01. The van der Waals surface area contributed by atoms with E-state index in [0.29, 0.717) is 11.3 Å². The molecule has 2 aromatic rings. The Kier molecular flexibility index (Phi) is 6.50. The molecule has 0 saturated heterocycles. The summed E-state index contributed by atoms with van der Waals surface area (Å²) in [5.74, 6) is 0. The van der Waals surface area contributed by atoms with Gasteiger partial charge in [-0.05, 0) is 36.5 Å². The van der Waals surface area contributed by atoms with Gasteiger partial charge in [-0.3, -0.25) is 0 Å². The summed E-state index contributed by atoms with van der Waals surface area (Å²) in [4.78, 5) is 4.30. The van der Waals surface area contributed by atoms with Crippen molar-refractivity contribution in [1.82, 2.24) is 14.7 Å². The molecule has 1 aromatic carbocycles. The van der Waals surface area contributed by atoms with Crippen LogP contribution >= 0.6 is 23.3 Å². The van der Waals surface area contributed by atoms with Gasteiger partial charge >= 0.3 is 0 Å².